The summed E-state index contributed by atoms with van der Waals surface area (Å²) in [6.45, 7) is 9.21. The van der Waals surface area contributed by atoms with Crippen LogP contribution in [0.15, 0.2) is 54.6 Å². The van der Waals surface area contributed by atoms with Gasteiger partial charge in [0.1, 0.15) is 5.75 Å². The third-order valence-electron chi connectivity index (χ3n) is 7.04. The van der Waals surface area contributed by atoms with E-state index >= 15 is 0 Å². The standard InChI is InChI=1S/C31H33Cl2N3O3/c1-18(2)22-8-6-7-21(11-22)15-35-31(38)23-9-10-28-25(12-23)19(3)20(4)36(28)16-24-13-29(27(33)14-26(24)32)39-17-30(37)34-5/h6-14,18H,15-17H2,1-5H3,(H,34,37)(H,35,38). The van der Waals surface area contributed by atoms with Crippen LogP contribution in [0.25, 0.3) is 10.9 Å². The number of amides is 2. The molecule has 0 saturated heterocycles. The summed E-state index contributed by atoms with van der Waals surface area (Å²) in [4.78, 5) is 24.7. The third-order valence-corrected chi connectivity index (χ3v) is 7.69. The summed E-state index contributed by atoms with van der Waals surface area (Å²) >= 11 is 12.9. The van der Waals surface area contributed by atoms with E-state index in [9.17, 15) is 9.59 Å². The molecule has 0 atom stereocenters. The summed E-state index contributed by atoms with van der Waals surface area (Å²) in [6.07, 6.45) is 0. The highest BCUT2D eigenvalue weighted by atomic mass is 35.5. The summed E-state index contributed by atoms with van der Waals surface area (Å²) < 4.78 is 7.76. The third kappa shape index (κ3) is 6.40. The van der Waals surface area contributed by atoms with Crippen LogP contribution in [-0.2, 0) is 17.9 Å². The SMILES string of the molecule is CNC(=O)COc1cc(Cn2c(C)c(C)c3cc(C(=O)NCc4cccc(C(C)C)c4)ccc32)c(Cl)cc1Cl. The van der Waals surface area contributed by atoms with Crippen LogP contribution in [0.2, 0.25) is 10.0 Å². The van der Waals surface area contributed by atoms with Crippen molar-refractivity contribution in [1.82, 2.24) is 15.2 Å². The number of nitrogens with zero attached hydrogens (tertiary/aromatic N) is 1. The van der Waals surface area contributed by atoms with Crippen LogP contribution in [0.3, 0.4) is 0 Å². The zero-order chi connectivity index (χ0) is 28.3. The second-order valence-corrected chi connectivity index (χ2v) is 10.8. The molecule has 0 radical (unpaired) electrons. The number of carbonyl (C=O) groups is 2. The summed E-state index contributed by atoms with van der Waals surface area (Å²) in [5, 5.41) is 7.42. The highest BCUT2D eigenvalue weighted by molar-refractivity contribution is 6.36. The van der Waals surface area contributed by atoms with Crippen molar-refractivity contribution < 1.29 is 14.3 Å². The Balaban J connectivity index is 1.57. The van der Waals surface area contributed by atoms with Gasteiger partial charge in [-0.25, -0.2) is 0 Å². The molecule has 4 aromatic rings. The van der Waals surface area contributed by atoms with Gasteiger partial charge >= 0.3 is 0 Å². The normalized spacial score (nSPS) is 11.2. The lowest BCUT2D eigenvalue weighted by Crippen LogP contribution is -2.24. The Morgan fingerprint density at radius 3 is 2.49 bits per heavy atom. The summed E-state index contributed by atoms with van der Waals surface area (Å²) in [7, 11) is 1.55. The minimum atomic E-state index is -0.255. The Hall–Kier alpha value is -3.48. The number of carbonyl (C=O) groups excluding carboxylic acids is 2. The largest absolute Gasteiger partial charge is 0.482 e. The highest BCUT2D eigenvalue weighted by Crippen LogP contribution is 2.34. The summed E-state index contributed by atoms with van der Waals surface area (Å²) in [5.74, 6) is 0.454. The molecule has 2 N–H and O–H groups in total. The molecule has 8 heteroatoms. The first-order valence-corrected chi connectivity index (χ1v) is 13.6. The van der Waals surface area contributed by atoms with Crippen molar-refractivity contribution in [3.8, 4) is 5.75 Å². The van der Waals surface area contributed by atoms with Crippen LogP contribution in [0, 0.1) is 13.8 Å². The lowest BCUT2D eigenvalue weighted by molar-refractivity contribution is -0.122. The van der Waals surface area contributed by atoms with Gasteiger partial charge in [0.25, 0.3) is 11.8 Å². The van der Waals surface area contributed by atoms with Crippen molar-refractivity contribution in [1.29, 1.82) is 0 Å². The molecule has 0 fully saturated rings. The zero-order valence-corrected chi connectivity index (χ0v) is 24.3. The van der Waals surface area contributed by atoms with E-state index in [0.29, 0.717) is 40.4 Å². The Morgan fingerprint density at radius 2 is 1.77 bits per heavy atom. The molecule has 0 bridgehead atoms. The van der Waals surface area contributed by atoms with E-state index in [1.807, 2.05) is 37.3 Å². The predicted molar refractivity (Wildman–Crippen MR) is 158 cm³/mol. The molecule has 2 amide bonds. The average Bonchev–Trinajstić information content (AvgIpc) is 3.16. The van der Waals surface area contributed by atoms with Gasteiger partial charge in [-0.1, -0.05) is 61.3 Å². The van der Waals surface area contributed by atoms with Crippen molar-refractivity contribution in [3.05, 3.63) is 98.2 Å². The van der Waals surface area contributed by atoms with Gasteiger partial charge in [0.2, 0.25) is 0 Å². The molecular weight excluding hydrogens is 533 g/mol. The summed E-state index contributed by atoms with van der Waals surface area (Å²) in [6, 6.07) is 17.5. The maximum atomic E-state index is 13.0. The Morgan fingerprint density at radius 1 is 1.00 bits per heavy atom. The fraction of sp³-hybridized carbons (Fsp3) is 0.290. The lowest BCUT2D eigenvalue weighted by atomic mass is 10.0. The number of aryl methyl sites for hydroxylation is 1. The number of hydrogen-bond acceptors (Lipinski definition) is 3. The van der Waals surface area contributed by atoms with E-state index in [1.165, 1.54) is 5.56 Å². The van der Waals surface area contributed by atoms with Gasteiger partial charge in [0, 0.05) is 47.3 Å². The van der Waals surface area contributed by atoms with Crippen LogP contribution >= 0.6 is 23.2 Å². The lowest BCUT2D eigenvalue weighted by Gasteiger charge is -2.14. The van der Waals surface area contributed by atoms with Gasteiger partial charge < -0.3 is 19.9 Å². The second-order valence-electron chi connectivity index (χ2n) is 9.95. The van der Waals surface area contributed by atoms with Gasteiger partial charge in [0.05, 0.1) is 5.02 Å². The molecular formula is C31H33Cl2N3O3. The van der Waals surface area contributed by atoms with Crippen LogP contribution in [0.5, 0.6) is 5.75 Å². The molecule has 0 aliphatic carbocycles. The number of ether oxygens (including phenoxy) is 1. The number of aromatic nitrogens is 1. The van der Waals surface area contributed by atoms with E-state index in [4.69, 9.17) is 27.9 Å². The topological polar surface area (TPSA) is 72.4 Å². The predicted octanol–water partition coefficient (Wildman–Crippen LogP) is 6.79. The number of likely N-dealkylation sites (N-methyl/N-ethyl adjacent to an activating group) is 1. The second kappa shape index (κ2) is 12.1. The van der Waals surface area contributed by atoms with Crippen LogP contribution < -0.4 is 15.4 Å². The average molecular weight is 567 g/mol. The fourth-order valence-corrected chi connectivity index (χ4v) is 5.03. The molecule has 204 valence electrons. The molecule has 1 heterocycles. The molecule has 0 unspecified atom stereocenters. The fourth-order valence-electron chi connectivity index (χ4n) is 4.53. The van der Waals surface area contributed by atoms with E-state index in [2.05, 4.69) is 48.1 Å². The molecule has 6 nitrogen and oxygen atoms in total. The first kappa shape index (κ1) is 28.5. The molecule has 1 aromatic heterocycles. The molecule has 39 heavy (non-hydrogen) atoms. The molecule has 0 aliphatic rings. The van der Waals surface area contributed by atoms with E-state index in [-0.39, 0.29) is 18.4 Å². The number of rotatable bonds is 9. The van der Waals surface area contributed by atoms with Gasteiger partial charge in [-0.2, -0.15) is 0 Å². The van der Waals surface area contributed by atoms with E-state index < -0.39 is 0 Å². The Bertz CT molecular complexity index is 1540. The molecule has 3 aromatic carbocycles. The van der Waals surface area contributed by atoms with E-state index in [0.717, 1.165) is 33.3 Å². The maximum Gasteiger partial charge on any atom is 0.257 e. The van der Waals surface area contributed by atoms with Crippen molar-refractivity contribution in [2.45, 2.75) is 46.7 Å². The first-order chi connectivity index (χ1) is 18.6. The molecule has 0 spiro atoms. The van der Waals surface area contributed by atoms with Gasteiger partial charge in [-0.15, -0.1) is 0 Å². The Labute approximate surface area is 239 Å². The van der Waals surface area contributed by atoms with Crippen molar-refractivity contribution in [2.75, 3.05) is 13.7 Å². The smallest absolute Gasteiger partial charge is 0.257 e. The number of fused-ring (bicyclic) bond motifs is 1. The minimum Gasteiger partial charge on any atom is -0.482 e. The summed E-state index contributed by atoms with van der Waals surface area (Å²) in [5.41, 5.74) is 6.88. The minimum absolute atomic E-state index is 0.115. The zero-order valence-electron chi connectivity index (χ0n) is 22.8. The van der Waals surface area contributed by atoms with Crippen LogP contribution in [0.4, 0.5) is 0 Å². The van der Waals surface area contributed by atoms with Crippen LogP contribution in [-0.4, -0.2) is 30.0 Å². The van der Waals surface area contributed by atoms with Crippen molar-refractivity contribution in [2.24, 2.45) is 0 Å². The van der Waals surface area contributed by atoms with Crippen LogP contribution in [0.1, 0.15) is 58.1 Å². The number of hydrogen-bond donors (Lipinski definition) is 2. The molecule has 4 rings (SSSR count). The van der Waals surface area contributed by atoms with Gasteiger partial charge in [-0.3, -0.25) is 9.59 Å². The first-order valence-electron chi connectivity index (χ1n) is 12.9. The van der Waals surface area contributed by atoms with Gasteiger partial charge in [0.15, 0.2) is 6.61 Å². The quantitative estimate of drug-likeness (QED) is 0.234. The monoisotopic (exact) mass is 565 g/mol. The number of nitrogens with one attached hydrogen (secondary N) is 2. The number of benzene rings is 3. The van der Waals surface area contributed by atoms with Crippen molar-refractivity contribution >= 4 is 45.9 Å². The number of halogens is 2. The highest BCUT2D eigenvalue weighted by Gasteiger charge is 2.17. The maximum absolute atomic E-state index is 13.0. The van der Waals surface area contributed by atoms with Gasteiger partial charge in [-0.05, 0) is 72.4 Å². The van der Waals surface area contributed by atoms with E-state index in [1.54, 1.807) is 19.2 Å². The van der Waals surface area contributed by atoms with Crippen molar-refractivity contribution in [3.63, 3.8) is 0 Å². The molecule has 0 aliphatic heterocycles. The molecule has 0 saturated carbocycles. The Kier molecular flexibility index (Phi) is 8.88.